The largest absolute Gasteiger partial charge is 0.451 e. The van der Waals surface area contributed by atoms with Gasteiger partial charge in [0.15, 0.2) is 11.4 Å². The van der Waals surface area contributed by atoms with Crippen LogP contribution in [0.15, 0.2) is 23.3 Å². The maximum Gasteiger partial charge on any atom is 0.303 e. The van der Waals surface area contributed by atoms with Crippen LogP contribution in [-0.4, -0.2) is 29.6 Å². The van der Waals surface area contributed by atoms with E-state index < -0.39 is 5.60 Å². The molecule has 0 aromatic heterocycles. The summed E-state index contributed by atoms with van der Waals surface area (Å²) in [6.07, 6.45) is 11.2. The highest BCUT2D eigenvalue weighted by atomic mass is 16.6. The number of ketones is 1. The average Bonchev–Trinajstić information content (AvgIpc) is 2.96. The first-order valence-corrected chi connectivity index (χ1v) is 12.2. The van der Waals surface area contributed by atoms with Crippen LogP contribution >= 0.6 is 0 Å². The average molecular weight is 429 g/mol. The lowest BCUT2D eigenvalue weighted by atomic mass is 9.47. The number of rotatable bonds is 4. The van der Waals surface area contributed by atoms with E-state index in [4.69, 9.17) is 9.47 Å². The number of allylic oxidation sites excluding steroid dienone is 3. The van der Waals surface area contributed by atoms with Crippen molar-refractivity contribution in [2.45, 2.75) is 105 Å². The molecule has 2 saturated carbocycles. The highest BCUT2D eigenvalue weighted by molar-refractivity contribution is 5.89. The van der Waals surface area contributed by atoms with E-state index in [-0.39, 0.29) is 34.8 Å². The molecule has 0 aliphatic heterocycles. The number of fused-ring (bicyclic) bond motifs is 5. The van der Waals surface area contributed by atoms with Crippen molar-refractivity contribution in [2.75, 3.05) is 0 Å². The lowest BCUT2D eigenvalue weighted by Gasteiger charge is -2.58. The SMILES string of the molecule is CC(=O)O[C@]1(C(C)=O)CC[C@@H]2[C@@H]3C=C(C)C4=C[C@@H](OC(C)C)CC[C@]4(C)[C@H]3CC[C@@]21C. The maximum atomic E-state index is 12.9. The molecule has 0 unspecified atom stereocenters. The number of Topliss-reactive ketones (excluding diaryl/α,β-unsaturated/α-hetero) is 1. The van der Waals surface area contributed by atoms with Crippen LogP contribution in [0.2, 0.25) is 0 Å². The number of carbonyl (C=O) groups excluding carboxylic acids is 2. The highest BCUT2D eigenvalue weighted by Gasteiger charge is 2.67. The summed E-state index contributed by atoms with van der Waals surface area (Å²) in [4.78, 5) is 24.9. The van der Waals surface area contributed by atoms with Crippen LogP contribution in [-0.2, 0) is 19.1 Å². The third kappa shape index (κ3) is 3.27. The van der Waals surface area contributed by atoms with Gasteiger partial charge in [0.05, 0.1) is 12.2 Å². The van der Waals surface area contributed by atoms with Crippen LogP contribution in [0.4, 0.5) is 0 Å². The molecule has 4 heteroatoms. The summed E-state index contributed by atoms with van der Waals surface area (Å²) in [5.41, 5.74) is 1.75. The second-order valence-electron chi connectivity index (χ2n) is 11.4. The monoisotopic (exact) mass is 428 g/mol. The lowest BCUT2D eigenvalue weighted by Crippen LogP contribution is -2.58. The van der Waals surface area contributed by atoms with Gasteiger partial charge in [0.25, 0.3) is 0 Å². The third-order valence-corrected chi connectivity index (χ3v) is 9.39. The zero-order valence-electron chi connectivity index (χ0n) is 20.4. The second-order valence-corrected chi connectivity index (χ2v) is 11.4. The molecule has 0 radical (unpaired) electrons. The standard InChI is InChI=1S/C27H40O4/c1-16(2)30-20-8-11-25(6)22-9-12-26(7)23(21(22)14-17(3)24(25)15-20)10-13-27(26,18(4)28)31-19(5)29/h14-16,20-23H,8-13H2,1-7H3/t20-,21+,22-,23+,25+,26-,27-/m0/s1. The number of esters is 1. The van der Waals surface area contributed by atoms with E-state index in [1.807, 2.05) is 0 Å². The minimum absolute atomic E-state index is 0.0146. The quantitative estimate of drug-likeness (QED) is 0.531. The van der Waals surface area contributed by atoms with Gasteiger partial charge in [0, 0.05) is 12.3 Å². The van der Waals surface area contributed by atoms with Crippen LogP contribution in [0.5, 0.6) is 0 Å². The molecule has 7 atom stereocenters. The Hall–Kier alpha value is -1.42. The fourth-order valence-corrected chi connectivity index (χ4v) is 8.07. The Morgan fingerprint density at radius 2 is 1.68 bits per heavy atom. The first-order valence-electron chi connectivity index (χ1n) is 12.2. The Balaban J connectivity index is 1.72. The molecular formula is C27H40O4. The summed E-state index contributed by atoms with van der Waals surface area (Å²) in [5, 5.41) is 0. The molecule has 4 aliphatic carbocycles. The fraction of sp³-hybridized carbons (Fsp3) is 0.778. The van der Waals surface area contributed by atoms with Gasteiger partial charge in [-0.25, -0.2) is 0 Å². The Morgan fingerprint density at radius 3 is 2.29 bits per heavy atom. The summed E-state index contributed by atoms with van der Waals surface area (Å²) < 4.78 is 12.0. The lowest BCUT2D eigenvalue weighted by molar-refractivity contribution is -0.185. The van der Waals surface area contributed by atoms with E-state index in [1.165, 1.54) is 18.1 Å². The molecule has 0 N–H and O–H groups in total. The van der Waals surface area contributed by atoms with Crippen LogP contribution in [0, 0.1) is 28.6 Å². The summed E-state index contributed by atoms with van der Waals surface area (Å²) >= 11 is 0. The Bertz CT molecular complexity index is 838. The van der Waals surface area contributed by atoms with Crippen LogP contribution in [0.25, 0.3) is 0 Å². The molecule has 31 heavy (non-hydrogen) atoms. The van der Waals surface area contributed by atoms with E-state index in [0.717, 1.165) is 32.1 Å². The summed E-state index contributed by atoms with van der Waals surface area (Å²) in [6, 6.07) is 0. The normalized spacial score (nSPS) is 44.0. The van der Waals surface area contributed by atoms with Crippen LogP contribution in [0.3, 0.4) is 0 Å². The molecular weight excluding hydrogens is 388 g/mol. The van der Waals surface area contributed by atoms with E-state index in [0.29, 0.717) is 24.2 Å². The summed E-state index contributed by atoms with van der Waals surface area (Å²) in [5.74, 6) is 1.05. The van der Waals surface area contributed by atoms with Crippen LogP contribution in [0.1, 0.15) is 87.0 Å². The minimum atomic E-state index is -0.962. The maximum absolute atomic E-state index is 12.9. The van der Waals surface area contributed by atoms with Crippen molar-refractivity contribution in [1.82, 2.24) is 0 Å². The number of ether oxygens (including phenoxy) is 2. The van der Waals surface area contributed by atoms with Gasteiger partial charge in [0.2, 0.25) is 0 Å². The van der Waals surface area contributed by atoms with Crippen molar-refractivity contribution in [3.8, 4) is 0 Å². The molecule has 0 heterocycles. The third-order valence-electron chi connectivity index (χ3n) is 9.39. The van der Waals surface area contributed by atoms with Gasteiger partial charge in [0.1, 0.15) is 0 Å². The van der Waals surface area contributed by atoms with E-state index in [9.17, 15) is 9.59 Å². The highest BCUT2D eigenvalue weighted by Crippen LogP contribution is 2.68. The fourth-order valence-electron chi connectivity index (χ4n) is 8.07. The minimum Gasteiger partial charge on any atom is -0.451 e. The zero-order valence-corrected chi connectivity index (χ0v) is 20.4. The smallest absolute Gasteiger partial charge is 0.303 e. The van der Waals surface area contributed by atoms with Crippen molar-refractivity contribution in [3.63, 3.8) is 0 Å². The van der Waals surface area contributed by atoms with E-state index >= 15 is 0 Å². The predicted molar refractivity (Wildman–Crippen MR) is 121 cm³/mol. The van der Waals surface area contributed by atoms with Gasteiger partial charge >= 0.3 is 5.97 Å². The molecule has 0 aromatic carbocycles. The second kappa shape index (κ2) is 7.57. The molecule has 0 bridgehead atoms. The van der Waals surface area contributed by atoms with E-state index in [1.54, 1.807) is 6.92 Å². The number of carbonyl (C=O) groups is 2. The molecule has 2 fully saturated rings. The van der Waals surface area contributed by atoms with Crippen LogP contribution < -0.4 is 0 Å². The van der Waals surface area contributed by atoms with Crippen molar-refractivity contribution >= 4 is 11.8 Å². The first-order chi connectivity index (χ1) is 14.4. The van der Waals surface area contributed by atoms with E-state index in [2.05, 4.69) is 46.8 Å². The zero-order chi connectivity index (χ0) is 22.8. The van der Waals surface area contributed by atoms with Gasteiger partial charge < -0.3 is 9.47 Å². The van der Waals surface area contributed by atoms with Gasteiger partial charge in [-0.15, -0.1) is 0 Å². The molecule has 4 aliphatic rings. The molecule has 172 valence electrons. The Labute approximate surface area is 187 Å². The Kier molecular flexibility index (Phi) is 5.56. The molecule has 4 nitrogen and oxygen atoms in total. The summed E-state index contributed by atoms with van der Waals surface area (Å²) in [7, 11) is 0. The van der Waals surface area contributed by atoms with Crippen molar-refractivity contribution in [3.05, 3.63) is 23.3 Å². The molecule has 0 aromatic rings. The Morgan fingerprint density at radius 1 is 1.00 bits per heavy atom. The van der Waals surface area contributed by atoms with Crippen molar-refractivity contribution in [2.24, 2.45) is 28.6 Å². The number of hydrogen-bond acceptors (Lipinski definition) is 4. The molecule has 0 saturated heterocycles. The van der Waals surface area contributed by atoms with Crippen molar-refractivity contribution < 1.29 is 19.1 Å². The molecule has 0 amide bonds. The first kappa shape index (κ1) is 22.8. The topological polar surface area (TPSA) is 52.6 Å². The summed E-state index contributed by atoms with van der Waals surface area (Å²) in [6.45, 7) is 14.2. The molecule has 4 rings (SSSR count). The van der Waals surface area contributed by atoms with Gasteiger partial charge in [-0.05, 0) is 95.0 Å². The van der Waals surface area contributed by atoms with Gasteiger partial charge in [-0.3, -0.25) is 9.59 Å². The molecule has 0 spiro atoms. The van der Waals surface area contributed by atoms with Gasteiger partial charge in [-0.1, -0.05) is 31.6 Å². The predicted octanol–water partition coefficient (Wildman–Crippen LogP) is 5.80. The van der Waals surface area contributed by atoms with Gasteiger partial charge in [-0.2, -0.15) is 0 Å². The van der Waals surface area contributed by atoms with Crippen molar-refractivity contribution in [1.29, 1.82) is 0 Å². The number of hydrogen-bond donors (Lipinski definition) is 0.